The Morgan fingerprint density at radius 1 is 1.50 bits per heavy atom. The van der Waals surface area contributed by atoms with Crippen LogP contribution < -0.4 is 5.73 Å². The van der Waals surface area contributed by atoms with Crippen molar-refractivity contribution in [3.63, 3.8) is 0 Å². The van der Waals surface area contributed by atoms with Crippen molar-refractivity contribution in [2.45, 2.75) is 0 Å². The maximum absolute atomic E-state index is 10.3. The molecular weight excluding hydrogens is 158 g/mol. The van der Waals surface area contributed by atoms with Gasteiger partial charge in [-0.3, -0.25) is 4.79 Å². The normalized spacial score (nSPS) is 8.20. The first-order valence-corrected chi connectivity index (χ1v) is 2.66. The maximum atomic E-state index is 10.3. The van der Waals surface area contributed by atoms with E-state index in [0.29, 0.717) is 6.61 Å². The molecule has 0 aromatic rings. The van der Waals surface area contributed by atoms with E-state index in [1.54, 1.807) is 0 Å². The molecule has 0 rings (SSSR count). The van der Waals surface area contributed by atoms with E-state index in [2.05, 4.69) is 9.47 Å². The number of halogens is 1. The second-order valence-electron chi connectivity index (χ2n) is 1.42. The molecule has 0 saturated heterocycles. The summed E-state index contributed by atoms with van der Waals surface area (Å²) in [5.74, 6) is -0.396. The lowest BCUT2D eigenvalue weighted by Crippen LogP contribution is -2.18. The molecule has 0 aromatic heterocycles. The summed E-state index contributed by atoms with van der Waals surface area (Å²) >= 11 is 0. The van der Waals surface area contributed by atoms with Crippen LogP contribution in [0.1, 0.15) is 0 Å². The summed E-state index contributed by atoms with van der Waals surface area (Å²) in [5.41, 5.74) is 4.94. The van der Waals surface area contributed by atoms with Crippen LogP contribution in [0, 0.1) is 0 Å². The molecule has 0 spiro atoms. The lowest BCUT2D eigenvalue weighted by Gasteiger charge is -1.99. The molecule has 0 aliphatic heterocycles. The fraction of sp³-hybridized carbons (Fsp3) is 0.800. The van der Waals surface area contributed by atoms with Crippen LogP contribution in [0.4, 0.5) is 0 Å². The fourth-order valence-corrected chi connectivity index (χ4v) is 0.298. The third-order valence-corrected chi connectivity index (χ3v) is 0.717. The highest BCUT2D eigenvalue weighted by molar-refractivity contribution is 5.85. The minimum Gasteiger partial charge on any atom is -0.462 e. The van der Waals surface area contributed by atoms with Crippen molar-refractivity contribution in [1.29, 1.82) is 0 Å². The Balaban J connectivity index is 0. The molecular formula is C5H12ClNO3. The zero-order valence-electron chi connectivity index (χ0n) is 5.83. The highest BCUT2D eigenvalue weighted by atomic mass is 35.5. The van der Waals surface area contributed by atoms with E-state index in [0.717, 1.165) is 0 Å². The summed E-state index contributed by atoms with van der Waals surface area (Å²) in [6, 6.07) is 0. The van der Waals surface area contributed by atoms with Crippen LogP contribution in [-0.2, 0) is 14.3 Å². The molecule has 0 radical (unpaired) electrons. The summed E-state index contributed by atoms with van der Waals surface area (Å²) in [5, 5.41) is 0. The number of hydrogen-bond donors (Lipinski definition) is 1. The van der Waals surface area contributed by atoms with Crippen molar-refractivity contribution in [2.75, 3.05) is 26.9 Å². The SMILES string of the molecule is COCCOC(=O)CN.Cl. The van der Waals surface area contributed by atoms with Crippen LogP contribution in [-0.4, -0.2) is 32.8 Å². The van der Waals surface area contributed by atoms with Crippen LogP contribution in [0.2, 0.25) is 0 Å². The summed E-state index contributed by atoms with van der Waals surface area (Å²) in [4.78, 5) is 10.3. The minimum atomic E-state index is -0.396. The molecule has 0 atom stereocenters. The molecule has 0 aliphatic rings. The number of methoxy groups -OCH3 is 1. The smallest absolute Gasteiger partial charge is 0.319 e. The summed E-state index contributed by atoms with van der Waals surface area (Å²) in [7, 11) is 1.54. The Labute approximate surface area is 66.1 Å². The number of carbonyl (C=O) groups excluding carboxylic acids is 1. The highest BCUT2D eigenvalue weighted by Crippen LogP contribution is 1.74. The van der Waals surface area contributed by atoms with E-state index in [9.17, 15) is 4.79 Å². The van der Waals surface area contributed by atoms with E-state index in [4.69, 9.17) is 5.73 Å². The molecule has 0 aliphatic carbocycles. The summed E-state index contributed by atoms with van der Waals surface area (Å²) in [6.07, 6.45) is 0. The number of esters is 1. The van der Waals surface area contributed by atoms with Crippen LogP contribution in [0.5, 0.6) is 0 Å². The Morgan fingerprint density at radius 3 is 2.50 bits per heavy atom. The van der Waals surface area contributed by atoms with Crippen LogP contribution in [0.15, 0.2) is 0 Å². The van der Waals surface area contributed by atoms with E-state index in [1.807, 2.05) is 0 Å². The Morgan fingerprint density at radius 2 is 2.10 bits per heavy atom. The van der Waals surface area contributed by atoms with Crippen molar-refractivity contribution in [3.05, 3.63) is 0 Å². The van der Waals surface area contributed by atoms with Crippen molar-refractivity contribution in [2.24, 2.45) is 5.73 Å². The molecule has 0 heterocycles. The van der Waals surface area contributed by atoms with Gasteiger partial charge in [0.2, 0.25) is 0 Å². The predicted octanol–water partition coefficient (Wildman–Crippen LogP) is -0.443. The van der Waals surface area contributed by atoms with Crippen molar-refractivity contribution >= 4 is 18.4 Å². The molecule has 0 unspecified atom stereocenters. The fourth-order valence-electron chi connectivity index (χ4n) is 0.298. The first-order chi connectivity index (χ1) is 4.31. The number of rotatable bonds is 4. The second kappa shape index (κ2) is 8.68. The van der Waals surface area contributed by atoms with Gasteiger partial charge in [-0.2, -0.15) is 0 Å². The second-order valence-corrected chi connectivity index (χ2v) is 1.42. The molecule has 0 saturated carbocycles. The quantitative estimate of drug-likeness (QED) is 0.458. The highest BCUT2D eigenvalue weighted by Gasteiger charge is 1.95. The molecule has 5 heteroatoms. The van der Waals surface area contributed by atoms with Gasteiger partial charge in [0.25, 0.3) is 0 Å². The molecule has 4 nitrogen and oxygen atoms in total. The van der Waals surface area contributed by atoms with Crippen molar-refractivity contribution in [3.8, 4) is 0 Å². The topological polar surface area (TPSA) is 61.5 Å². The first-order valence-electron chi connectivity index (χ1n) is 2.66. The standard InChI is InChI=1S/C5H11NO3.ClH/c1-8-2-3-9-5(7)4-6;/h2-4,6H2,1H3;1H. The molecule has 0 bridgehead atoms. The van der Waals surface area contributed by atoms with Gasteiger partial charge in [0.15, 0.2) is 0 Å². The number of hydrogen-bond acceptors (Lipinski definition) is 4. The van der Waals surface area contributed by atoms with Crippen LogP contribution in [0.3, 0.4) is 0 Å². The summed E-state index contributed by atoms with van der Waals surface area (Å²) in [6.45, 7) is 0.641. The zero-order chi connectivity index (χ0) is 7.11. The number of carbonyl (C=O) groups is 1. The lowest BCUT2D eigenvalue weighted by molar-refractivity contribution is -0.143. The Kier molecular flexibility index (Phi) is 10.7. The summed E-state index contributed by atoms with van der Waals surface area (Å²) < 4.78 is 9.16. The zero-order valence-corrected chi connectivity index (χ0v) is 6.65. The molecule has 0 fully saturated rings. The molecule has 10 heavy (non-hydrogen) atoms. The van der Waals surface area contributed by atoms with Gasteiger partial charge in [-0.25, -0.2) is 0 Å². The van der Waals surface area contributed by atoms with E-state index < -0.39 is 5.97 Å². The first kappa shape index (κ1) is 12.4. The average Bonchev–Trinajstić information content (AvgIpc) is 1.89. The minimum absolute atomic E-state index is 0. The molecule has 0 amide bonds. The average molecular weight is 170 g/mol. The van der Waals surface area contributed by atoms with Crippen molar-refractivity contribution in [1.82, 2.24) is 0 Å². The van der Waals surface area contributed by atoms with E-state index >= 15 is 0 Å². The molecule has 62 valence electrons. The molecule has 2 N–H and O–H groups in total. The monoisotopic (exact) mass is 169 g/mol. The van der Waals surface area contributed by atoms with Gasteiger partial charge in [0.1, 0.15) is 6.61 Å². The van der Waals surface area contributed by atoms with Crippen LogP contribution >= 0.6 is 12.4 Å². The van der Waals surface area contributed by atoms with Gasteiger partial charge < -0.3 is 15.2 Å². The third-order valence-electron chi connectivity index (χ3n) is 0.717. The largest absolute Gasteiger partial charge is 0.462 e. The van der Waals surface area contributed by atoms with E-state index in [-0.39, 0.29) is 25.6 Å². The van der Waals surface area contributed by atoms with Gasteiger partial charge in [-0.1, -0.05) is 0 Å². The van der Waals surface area contributed by atoms with Gasteiger partial charge in [0, 0.05) is 7.11 Å². The Hall–Kier alpha value is -0.320. The maximum Gasteiger partial charge on any atom is 0.319 e. The number of ether oxygens (including phenoxy) is 2. The van der Waals surface area contributed by atoms with Crippen molar-refractivity contribution < 1.29 is 14.3 Å². The predicted molar refractivity (Wildman–Crippen MR) is 39.1 cm³/mol. The molecule has 0 aromatic carbocycles. The van der Waals surface area contributed by atoms with E-state index in [1.165, 1.54) is 7.11 Å². The Bertz CT molecular complexity index is 89.0. The van der Waals surface area contributed by atoms with Gasteiger partial charge in [-0.05, 0) is 0 Å². The third kappa shape index (κ3) is 7.68. The number of nitrogens with two attached hydrogens (primary N) is 1. The van der Waals surface area contributed by atoms with Gasteiger partial charge in [0.05, 0.1) is 13.2 Å². The van der Waals surface area contributed by atoms with Gasteiger partial charge in [-0.15, -0.1) is 12.4 Å². The lowest BCUT2D eigenvalue weighted by atomic mass is 10.7. The van der Waals surface area contributed by atoms with Gasteiger partial charge >= 0.3 is 5.97 Å². The van der Waals surface area contributed by atoms with Crippen LogP contribution in [0.25, 0.3) is 0 Å².